The van der Waals surface area contributed by atoms with Crippen LogP contribution in [0, 0.1) is 6.92 Å². The van der Waals surface area contributed by atoms with Gasteiger partial charge in [0.25, 0.3) is 11.5 Å². The molecule has 7 nitrogen and oxygen atoms in total. The number of carbonyl (C=O) groups is 1. The summed E-state index contributed by atoms with van der Waals surface area (Å²) in [6.45, 7) is 6.19. The average molecular weight is 523 g/mol. The van der Waals surface area contributed by atoms with Crippen LogP contribution in [0.3, 0.4) is 0 Å². The van der Waals surface area contributed by atoms with Crippen LogP contribution in [0.25, 0.3) is 5.69 Å². The molecule has 1 unspecified atom stereocenters. The number of aryl methyl sites for hydroxylation is 1. The zero-order valence-electron chi connectivity index (χ0n) is 20.3. The molecule has 1 aliphatic rings. The number of pyridine rings is 1. The van der Waals surface area contributed by atoms with Crippen molar-refractivity contribution < 1.29 is 22.7 Å². The molecule has 0 fully saturated rings. The van der Waals surface area contributed by atoms with Crippen molar-refractivity contribution in [2.75, 3.05) is 13.2 Å². The third-order valence-electron chi connectivity index (χ3n) is 6.52. The van der Waals surface area contributed by atoms with E-state index in [1.807, 2.05) is 6.92 Å². The summed E-state index contributed by atoms with van der Waals surface area (Å²) >= 11 is 5.98. The Morgan fingerprint density at radius 2 is 1.86 bits per heavy atom. The molecule has 0 spiro atoms. The molecular formula is C25H26ClF3N4O3. The highest BCUT2D eigenvalue weighted by molar-refractivity contribution is 6.30. The lowest BCUT2D eigenvalue weighted by atomic mass is 9.83. The highest BCUT2D eigenvalue weighted by Gasteiger charge is 2.50. The van der Waals surface area contributed by atoms with Crippen molar-refractivity contribution >= 4 is 17.5 Å². The number of nitrogens with zero attached hydrogens (tertiary/aromatic N) is 4. The summed E-state index contributed by atoms with van der Waals surface area (Å²) < 4.78 is 49.9. The van der Waals surface area contributed by atoms with E-state index < -0.39 is 17.6 Å². The van der Waals surface area contributed by atoms with Crippen molar-refractivity contribution in [2.45, 2.75) is 51.9 Å². The number of halogens is 4. The third-order valence-corrected chi connectivity index (χ3v) is 6.76. The molecule has 1 amide bonds. The van der Waals surface area contributed by atoms with Crippen LogP contribution >= 0.6 is 11.6 Å². The van der Waals surface area contributed by atoms with E-state index in [-0.39, 0.29) is 53.2 Å². The molecule has 36 heavy (non-hydrogen) atoms. The van der Waals surface area contributed by atoms with Crippen molar-refractivity contribution in [3.8, 4) is 11.4 Å². The average Bonchev–Trinajstić information content (AvgIpc) is 3.24. The van der Waals surface area contributed by atoms with Gasteiger partial charge in [0.1, 0.15) is 23.7 Å². The van der Waals surface area contributed by atoms with Crippen LogP contribution < -0.4 is 10.3 Å². The summed E-state index contributed by atoms with van der Waals surface area (Å²) in [7, 11) is 0. The van der Waals surface area contributed by atoms with Gasteiger partial charge in [-0.05, 0) is 58.0 Å². The first-order valence-corrected chi connectivity index (χ1v) is 11.7. The number of amides is 1. The molecule has 0 saturated carbocycles. The van der Waals surface area contributed by atoms with Gasteiger partial charge in [0.15, 0.2) is 0 Å². The number of hydrogen-bond donors (Lipinski definition) is 0. The molecule has 11 heteroatoms. The minimum absolute atomic E-state index is 0.0368. The third kappa shape index (κ3) is 4.61. The van der Waals surface area contributed by atoms with E-state index in [0.717, 1.165) is 19.5 Å². The van der Waals surface area contributed by atoms with Crippen LogP contribution in [0.4, 0.5) is 13.2 Å². The van der Waals surface area contributed by atoms with E-state index in [1.54, 1.807) is 41.0 Å². The van der Waals surface area contributed by atoms with E-state index in [1.165, 1.54) is 22.8 Å². The summed E-state index contributed by atoms with van der Waals surface area (Å²) in [5.74, 6) is -0.301. The summed E-state index contributed by atoms with van der Waals surface area (Å²) in [4.78, 5) is 31.9. The predicted molar refractivity (Wildman–Crippen MR) is 129 cm³/mol. The summed E-state index contributed by atoms with van der Waals surface area (Å²) in [5.41, 5.74) is -1.19. The Labute approximate surface area is 211 Å². The van der Waals surface area contributed by atoms with Gasteiger partial charge < -0.3 is 18.8 Å². The molecule has 192 valence electrons. The number of imidazole rings is 1. The zero-order valence-corrected chi connectivity index (χ0v) is 21.0. The van der Waals surface area contributed by atoms with E-state index >= 15 is 0 Å². The highest BCUT2D eigenvalue weighted by Crippen LogP contribution is 2.45. The number of aromatic nitrogens is 3. The lowest BCUT2D eigenvalue weighted by Gasteiger charge is -2.35. The molecular weight excluding hydrogens is 497 g/mol. The van der Waals surface area contributed by atoms with Gasteiger partial charge >= 0.3 is 6.18 Å². The lowest BCUT2D eigenvalue weighted by molar-refractivity contribution is -0.180. The number of alkyl halides is 3. The summed E-state index contributed by atoms with van der Waals surface area (Å²) in [6, 6.07) is 6.84. The van der Waals surface area contributed by atoms with Crippen molar-refractivity contribution in [3.05, 3.63) is 75.2 Å². The number of carbonyl (C=O) groups excluding carboxylic acids is 1. The van der Waals surface area contributed by atoms with Crippen LogP contribution in [0.2, 0.25) is 5.02 Å². The normalized spacial score (nSPS) is 15.1. The molecule has 1 atom stereocenters. The Morgan fingerprint density at radius 1 is 1.14 bits per heavy atom. The number of rotatable bonds is 6. The van der Waals surface area contributed by atoms with E-state index in [2.05, 4.69) is 4.98 Å². The fourth-order valence-electron chi connectivity index (χ4n) is 4.17. The maximum atomic E-state index is 13.7. The Kier molecular flexibility index (Phi) is 6.68. The van der Waals surface area contributed by atoms with Crippen LogP contribution in [0.1, 0.15) is 42.5 Å². The van der Waals surface area contributed by atoms with E-state index in [4.69, 9.17) is 16.3 Å². The molecule has 1 aliphatic heterocycles. The molecule has 1 aromatic carbocycles. The van der Waals surface area contributed by atoms with Gasteiger partial charge in [-0.3, -0.25) is 9.59 Å². The molecule has 0 saturated heterocycles. The first-order chi connectivity index (χ1) is 16.8. The van der Waals surface area contributed by atoms with Gasteiger partial charge in [-0.15, -0.1) is 0 Å². The Bertz CT molecular complexity index is 1360. The first kappa shape index (κ1) is 25.8. The van der Waals surface area contributed by atoms with Gasteiger partial charge in [0.05, 0.1) is 23.5 Å². The van der Waals surface area contributed by atoms with Crippen LogP contribution in [-0.4, -0.2) is 50.3 Å². The Hall–Kier alpha value is -3.27. The zero-order chi connectivity index (χ0) is 26.4. The maximum absolute atomic E-state index is 13.7. The molecule has 0 N–H and O–H groups in total. The number of fused-ring (bicyclic) bond motifs is 1. The number of benzene rings is 1. The molecule has 0 aliphatic carbocycles. The van der Waals surface area contributed by atoms with Crippen molar-refractivity contribution in [3.63, 3.8) is 0 Å². The van der Waals surface area contributed by atoms with E-state index in [0.29, 0.717) is 5.69 Å². The number of hydrogen-bond acceptors (Lipinski definition) is 4. The van der Waals surface area contributed by atoms with Gasteiger partial charge in [-0.1, -0.05) is 11.6 Å². The van der Waals surface area contributed by atoms with Crippen molar-refractivity contribution in [2.24, 2.45) is 0 Å². The minimum Gasteiger partial charge on any atom is -0.491 e. The van der Waals surface area contributed by atoms with Gasteiger partial charge in [0, 0.05) is 29.9 Å². The van der Waals surface area contributed by atoms with Crippen LogP contribution in [0.5, 0.6) is 5.75 Å². The Balaban J connectivity index is 1.53. The summed E-state index contributed by atoms with van der Waals surface area (Å²) in [5, 5.41) is 0.168. The topological polar surface area (TPSA) is 69.4 Å². The minimum atomic E-state index is -4.52. The van der Waals surface area contributed by atoms with Gasteiger partial charge in [-0.25, -0.2) is 4.98 Å². The molecule has 0 bridgehead atoms. The van der Waals surface area contributed by atoms with Crippen molar-refractivity contribution in [1.29, 1.82) is 0 Å². The summed E-state index contributed by atoms with van der Waals surface area (Å²) in [6.07, 6.45) is -1.25. The molecule has 3 heterocycles. The fourth-order valence-corrected chi connectivity index (χ4v) is 4.34. The van der Waals surface area contributed by atoms with Crippen LogP contribution in [-0.2, 0) is 12.0 Å². The van der Waals surface area contributed by atoms with Crippen molar-refractivity contribution in [1.82, 2.24) is 19.0 Å². The molecule has 0 radical (unpaired) electrons. The maximum Gasteiger partial charge on any atom is 0.398 e. The molecule has 4 rings (SSSR count). The molecule has 2 aromatic heterocycles. The van der Waals surface area contributed by atoms with Gasteiger partial charge in [-0.2, -0.15) is 13.2 Å². The fraction of sp³-hybridized carbons (Fsp3) is 0.400. The number of ether oxygens (including phenoxy) is 1. The second-order valence-corrected chi connectivity index (χ2v) is 9.84. The standard InChI is InChI=1S/C25H26ClF3N4O3/c1-15-12-31(14-30-15)19-6-7-20-23(35)32(9-10-33(20)22(19)34)16(2)13-36-21-8-5-17(26)11-18(21)24(3,4)25(27,28)29/h5-8,11-12,14,16H,9-10,13H2,1-4H3. The van der Waals surface area contributed by atoms with E-state index in [9.17, 15) is 22.8 Å². The lowest BCUT2D eigenvalue weighted by Crippen LogP contribution is -2.50. The smallest absolute Gasteiger partial charge is 0.398 e. The quantitative estimate of drug-likeness (QED) is 0.468. The molecule has 3 aromatic rings. The van der Waals surface area contributed by atoms with Crippen LogP contribution in [0.15, 0.2) is 47.7 Å². The second-order valence-electron chi connectivity index (χ2n) is 9.40. The second kappa shape index (κ2) is 9.31. The Morgan fingerprint density at radius 3 is 2.50 bits per heavy atom. The SMILES string of the molecule is Cc1cn(-c2ccc3n(c2=O)CCN(C(C)COc2ccc(Cl)cc2C(C)(C)C(F)(F)F)C3=O)cn1. The largest absolute Gasteiger partial charge is 0.491 e. The first-order valence-electron chi connectivity index (χ1n) is 11.4. The van der Waals surface area contributed by atoms with Gasteiger partial charge in [0.2, 0.25) is 0 Å². The highest BCUT2D eigenvalue weighted by atomic mass is 35.5. The predicted octanol–water partition coefficient (Wildman–Crippen LogP) is 4.76. The monoisotopic (exact) mass is 522 g/mol.